The second kappa shape index (κ2) is 5.31. The lowest BCUT2D eigenvalue weighted by Crippen LogP contribution is -2.30. The van der Waals surface area contributed by atoms with Crippen molar-refractivity contribution in [2.24, 2.45) is 0 Å². The third-order valence-corrected chi connectivity index (χ3v) is 4.08. The molecule has 9 nitrogen and oxygen atoms in total. The quantitative estimate of drug-likeness (QED) is 0.558. The summed E-state index contributed by atoms with van der Waals surface area (Å²) < 4.78 is 12.2. The summed E-state index contributed by atoms with van der Waals surface area (Å²) in [5.74, 6) is 0.271. The van der Waals surface area contributed by atoms with Gasteiger partial charge in [0.15, 0.2) is 11.5 Å². The van der Waals surface area contributed by atoms with Crippen LogP contribution in [0.3, 0.4) is 0 Å². The minimum Gasteiger partial charge on any atom is -0.676 e. The van der Waals surface area contributed by atoms with Gasteiger partial charge in [-0.1, -0.05) is 7.15 Å². The lowest BCUT2D eigenvalue weighted by molar-refractivity contribution is -0.328. The van der Waals surface area contributed by atoms with Crippen LogP contribution in [0.5, 0.6) is 0 Å². The predicted molar refractivity (Wildman–Crippen MR) is 73.1 cm³/mol. The second-order valence-electron chi connectivity index (χ2n) is 4.71. The van der Waals surface area contributed by atoms with Crippen molar-refractivity contribution >= 4 is 36.4 Å². The third-order valence-electron chi connectivity index (χ3n) is 3.29. The van der Waals surface area contributed by atoms with Gasteiger partial charge in [0.2, 0.25) is 0 Å². The Morgan fingerprint density at radius 2 is 2.24 bits per heavy atom. The number of nitrogen functional groups attached to an aromatic ring is 1. The minimum atomic E-state index is -4.23. The zero-order chi connectivity index (χ0) is 15.2. The maximum absolute atomic E-state index is 11.1. The highest BCUT2D eigenvalue weighted by atomic mass is 32.7. The first-order valence-electron chi connectivity index (χ1n) is 6.14. The number of aromatic nitrogens is 4. The molecule has 1 aliphatic rings. The van der Waals surface area contributed by atoms with Gasteiger partial charge in [0.1, 0.15) is 24.2 Å². The van der Waals surface area contributed by atoms with Crippen LogP contribution in [0.2, 0.25) is 0 Å². The van der Waals surface area contributed by atoms with Crippen LogP contribution in [0.1, 0.15) is 19.6 Å². The highest BCUT2D eigenvalue weighted by molar-refractivity contribution is 8.33. The molecule has 3 atom stereocenters. The number of hydrogen-bond acceptors (Lipinski definition) is 9. The fourth-order valence-electron chi connectivity index (χ4n) is 2.34. The molecule has 1 saturated heterocycles. The smallest absolute Gasteiger partial charge is 0.167 e. The van der Waals surface area contributed by atoms with Crippen LogP contribution >= 0.6 is 7.15 Å². The molecule has 2 aromatic rings. The van der Waals surface area contributed by atoms with E-state index in [1.807, 2.05) is 0 Å². The lowest BCUT2D eigenvalue weighted by Gasteiger charge is -2.42. The predicted octanol–water partition coefficient (Wildman–Crippen LogP) is -0.954. The Bertz CT molecular complexity index is 662. The molecule has 0 amide bonds. The van der Waals surface area contributed by atoms with E-state index in [0.29, 0.717) is 17.6 Å². The molecule has 0 spiro atoms. The molecule has 3 heterocycles. The number of hydrogen-bond donors (Lipinski definition) is 1. The fourth-order valence-corrected chi connectivity index (χ4v) is 3.26. The van der Waals surface area contributed by atoms with Crippen LogP contribution in [0.25, 0.3) is 11.2 Å². The van der Waals surface area contributed by atoms with E-state index in [4.69, 9.17) is 15.0 Å². The van der Waals surface area contributed by atoms with Crippen molar-refractivity contribution in [3.05, 3.63) is 12.7 Å². The van der Waals surface area contributed by atoms with E-state index < -0.39 is 25.6 Å². The topological polar surface area (TPSA) is 134 Å². The van der Waals surface area contributed by atoms with Gasteiger partial charge in [0.25, 0.3) is 0 Å². The number of imidazole rings is 1. The molecule has 1 fully saturated rings. The van der Waals surface area contributed by atoms with Crippen molar-refractivity contribution < 1.29 is 19.0 Å². The number of ether oxygens (including phenoxy) is 1. The molecule has 0 aliphatic carbocycles. The second-order valence-corrected chi connectivity index (χ2v) is 7.15. The first-order chi connectivity index (χ1) is 9.85. The molecular formula is C10H12N5O4PS-2. The fraction of sp³-hybridized carbons (Fsp3) is 0.500. The van der Waals surface area contributed by atoms with E-state index >= 15 is 0 Å². The maximum Gasteiger partial charge on any atom is 0.167 e. The van der Waals surface area contributed by atoms with E-state index in [2.05, 4.69) is 27.2 Å². The number of rotatable bonds is 3. The number of nitrogens with zero attached hydrogens (tertiary/aromatic N) is 4. The molecule has 1 aliphatic heterocycles. The van der Waals surface area contributed by atoms with Crippen molar-refractivity contribution in [1.82, 2.24) is 19.5 Å². The van der Waals surface area contributed by atoms with Crippen molar-refractivity contribution in [2.75, 3.05) is 5.73 Å². The molecule has 0 saturated carbocycles. The van der Waals surface area contributed by atoms with E-state index in [0.717, 1.165) is 0 Å². The molecule has 21 heavy (non-hydrogen) atoms. The number of nitrogens with two attached hydrogens (primary N) is 1. The summed E-state index contributed by atoms with van der Waals surface area (Å²) >= 11 is 4.27. The summed E-state index contributed by atoms with van der Waals surface area (Å²) in [4.78, 5) is 34.3. The molecule has 114 valence electrons. The van der Waals surface area contributed by atoms with E-state index in [-0.39, 0.29) is 5.82 Å². The molecule has 2 N–H and O–H groups in total. The Morgan fingerprint density at radius 3 is 2.95 bits per heavy atom. The first kappa shape index (κ1) is 14.9. The van der Waals surface area contributed by atoms with Crippen LogP contribution in [0.15, 0.2) is 12.7 Å². The number of fused-ring (bicyclic) bond motifs is 1. The Morgan fingerprint density at radius 1 is 1.48 bits per heavy atom. The van der Waals surface area contributed by atoms with E-state index in [1.165, 1.54) is 12.7 Å². The van der Waals surface area contributed by atoms with Crippen LogP contribution < -0.4 is 15.5 Å². The van der Waals surface area contributed by atoms with Gasteiger partial charge in [0.05, 0.1) is 12.4 Å². The summed E-state index contributed by atoms with van der Waals surface area (Å²) in [7, 11) is -4.23. The van der Waals surface area contributed by atoms with Gasteiger partial charge in [-0.3, -0.25) is 9.09 Å². The first-order valence-corrected chi connectivity index (χ1v) is 8.69. The highest BCUT2D eigenvalue weighted by Crippen LogP contribution is 2.44. The summed E-state index contributed by atoms with van der Waals surface area (Å²) in [5, 5.41) is 0. The normalized spacial score (nSPS) is 26.6. The van der Waals surface area contributed by atoms with Crippen LogP contribution in [-0.2, 0) is 21.5 Å². The van der Waals surface area contributed by atoms with Crippen LogP contribution in [0, 0.1) is 0 Å². The molecular weight excluding hydrogens is 317 g/mol. The van der Waals surface area contributed by atoms with Crippen molar-refractivity contribution in [1.29, 1.82) is 0 Å². The molecule has 3 rings (SSSR count). The highest BCUT2D eigenvalue weighted by Gasteiger charge is 2.37. The number of anilines is 1. The average Bonchev–Trinajstić information content (AvgIpc) is 2.93. The lowest BCUT2D eigenvalue weighted by atomic mass is 10.2. The molecule has 11 heteroatoms. The van der Waals surface area contributed by atoms with Gasteiger partial charge in [-0.2, -0.15) is 0 Å². The van der Waals surface area contributed by atoms with Crippen molar-refractivity contribution in [3.63, 3.8) is 0 Å². The third kappa shape index (κ3) is 2.96. The van der Waals surface area contributed by atoms with Crippen molar-refractivity contribution in [3.8, 4) is 0 Å². The minimum absolute atomic E-state index is 0.271. The largest absolute Gasteiger partial charge is 0.676 e. The van der Waals surface area contributed by atoms with E-state index in [1.54, 1.807) is 11.5 Å². The zero-order valence-corrected chi connectivity index (χ0v) is 12.7. The van der Waals surface area contributed by atoms with Gasteiger partial charge in [-0.05, 0) is 6.92 Å². The molecule has 0 radical (unpaired) electrons. The summed E-state index contributed by atoms with van der Waals surface area (Å²) in [5.41, 5.74) is 6.71. The molecule has 2 aromatic heterocycles. The van der Waals surface area contributed by atoms with Crippen LogP contribution in [-0.4, -0.2) is 31.7 Å². The zero-order valence-electron chi connectivity index (χ0n) is 10.9. The van der Waals surface area contributed by atoms with Gasteiger partial charge >= 0.3 is 0 Å². The van der Waals surface area contributed by atoms with E-state index in [9.17, 15) is 9.79 Å². The Balaban J connectivity index is 1.86. The van der Waals surface area contributed by atoms with Gasteiger partial charge < -0.3 is 32.5 Å². The monoisotopic (exact) mass is 329 g/mol. The van der Waals surface area contributed by atoms with Gasteiger partial charge in [-0.15, -0.1) is 0 Å². The van der Waals surface area contributed by atoms with Gasteiger partial charge in [0, 0.05) is 6.42 Å². The summed E-state index contributed by atoms with van der Waals surface area (Å²) in [6.07, 6.45) is 1.67. The Kier molecular flexibility index (Phi) is 3.76. The van der Waals surface area contributed by atoms with Gasteiger partial charge in [-0.25, -0.2) is 15.0 Å². The Labute approximate surface area is 125 Å². The molecule has 0 aromatic carbocycles. The Hall–Kier alpha value is -1.03. The standard InChI is InChI=1S/C10H14N5O4PS/c1-5-6(19-20(16,17)21)2-7(18-5)15-4-14-8-9(11)12-3-13-10(8)15/h3-7H,2H2,1H3,(H2,11,12,13)(H2,16,17,21)/p-2/t5-,6+,7-/m1/s1. The molecule has 0 unspecified atom stereocenters. The SMILES string of the molecule is C[C@H]1O[C@@H](n2cnc3c(N)ncnc32)C[C@@H]1O[P+]([O-])([O-])[S-]. The average molecular weight is 329 g/mol. The maximum atomic E-state index is 11.1. The van der Waals surface area contributed by atoms with Crippen molar-refractivity contribution in [2.45, 2.75) is 31.8 Å². The molecule has 0 bridgehead atoms. The summed E-state index contributed by atoms with van der Waals surface area (Å²) in [6.45, 7) is 1.72. The summed E-state index contributed by atoms with van der Waals surface area (Å²) in [6, 6.07) is 0. The van der Waals surface area contributed by atoms with Crippen LogP contribution in [0.4, 0.5) is 5.82 Å².